The van der Waals surface area contributed by atoms with Crippen LogP contribution in [0.15, 0.2) is 29.7 Å². The molecule has 0 radical (unpaired) electrons. The number of carbonyl (C=O) groups is 3. The zero-order chi connectivity index (χ0) is 24.8. The Bertz CT molecular complexity index is 1000. The molecule has 1 aromatic heterocycles. The number of hydrogen-bond donors (Lipinski definition) is 2. The number of thiophene rings is 1. The summed E-state index contributed by atoms with van der Waals surface area (Å²) in [5.74, 6) is -1.46. The lowest BCUT2D eigenvalue weighted by Gasteiger charge is -2.35. The van der Waals surface area contributed by atoms with Gasteiger partial charge in [-0.15, -0.1) is 11.3 Å². The van der Waals surface area contributed by atoms with E-state index in [4.69, 9.17) is 4.74 Å². The Kier molecular flexibility index (Phi) is 6.55. The quantitative estimate of drug-likeness (QED) is 0.537. The molecule has 2 bridgehead atoms. The van der Waals surface area contributed by atoms with Gasteiger partial charge in [-0.1, -0.05) is 51.3 Å². The summed E-state index contributed by atoms with van der Waals surface area (Å²) in [5, 5.41) is 8.25. The van der Waals surface area contributed by atoms with Crippen LogP contribution in [0.5, 0.6) is 0 Å². The van der Waals surface area contributed by atoms with Crippen molar-refractivity contribution in [2.75, 3.05) is 6.54 Å². The second-order valence-corrected chi connectivity index (χ2v) is 12.2. The van der Waals surface area contributed by atoms with Crippen LogP contribution in [-0.2, 0) is 25.7 Å². The second-order valence-electron chi connectivity index (χ2n) is 11.2. The first-order valence-corrected chi connectivity index (χ1v) is 13.9. The van der Waals surface area contributed by atoms with Crippen molar-refractivity contribution in [2.45, 2.75) is 89.1 Å². The average Bonchev–Trinajstić information content (AvgIpc) is 3.56. The lowest BCUT2D eigenvalue weighted by molar-refractivity contribution is -0.145. The van der Waals surface area contributed by atoms with E-state index in [1.807, 2.05) is 36.6 Å². The number of fused-ring (bicyclic) bond motifs is 1. The highest BCUT2D eigenvalue weighted by atomic mass is 32.1. The summed E-state index contributed by atoms with van der Waals surface area (Å²) in [5.41, 5.74) is -2.01. The van der Waals surface area contributed by atoms with Gasteiger partial charge in [0.15, 0.2) is 0 Å². The molecule has 5 atom stereocenters. The van der Waals surface area contributed by atoms with E-state index in [0.717, 1.165) is 37.0 Å². The second kappa shape index (κ2) is 9.36. The van der Waals surface area contributed by atoms with Crippen LogP contribution >= 0.6 is 11.3 Å². The zero-order valence-electron chi connectivity index (χ0n) is 20.9. The normalized spacial score (nSPS) is 34.0. The first-order valence-electron chi connectivity index (χ1n) is 13.1. The molecule has 4 aliphatic rings. The molecular weight excluding hydrogens is 462 g/mol. The van der Waals surface area contributed by atoms with E-state index in [2.05, 4.69) is 24.5 Å². The number of rotatable bonds is 8. The number of carbonyl (C=O) groups excluding carboxylic acids is 3. The van der Waals surface area contributed by atoms with E-state index in [1.165, 1.54) is 6.42 Å². The Morgan fingerprint density at radius 3 is 2.66 bits per heavy atom. The fourth-order valence-electron chi connectivity index (χ4n) is 6.49. The van der Waals surface area contributed by atoms with Gasteiger partial charge in [-0.05, 0) is 43.6 Å². The Hall–Kier alpha value is -2.19. The van der Waals surface area contributed by atoms with Crippen LogP contribution in [0.4, 0.5) is 0 Å². The van der Waals surface area contributed by atoms with Crippen molar-refractivity contribution in [3.63, 3.8) is 0 Å². The third-order valence-electron chi connectivity index (χ3n) is 8.24. The molecule has 35 heavy (non-hydrogen) atoms. The average molecular weight is 500 g/mol. The van der Waals surface area contributed by atoms with E-state index in [9.17, 15) is 14.4 Å². The van der Waals surface area contributed by atoms with Crippen LogP contribution in [0.3, 0.4) is 0 Å². The van der Waals surface area contributed by atoms with Crippen molar-refractivity contribution in [2.24, 2.45) is 17.8 Å². The van der Waals surface area contributed by atoms with Crippen molar-refractivity contribution in [1.82, 2.24) is 15.5 Å². The lowest BCUT2D eigenvalue weighted by atomic mass is 9.70. The van der Waals surface area contributed by atoms with Crippen LogP contribution in [0, 0.1) is 17.8 Å². The van der Waals surface area contributed by atoms with Gasteiger partial charge in [0, 0.05) is 17.5 Å². The molecule has 190 valence electrons. The summed E-state index contributed by atoms with van der Waals surface area (Å²) in [4.78, 5) is 44.0. The van der Waals surface area contributed by atoms with Crippen LogP contribution in [0.25, 0.3) is 0 Å². The van der Waals surface area contributed by atoms with Gasteiger partial charge in [-0.25, -0.2) is 0 Å². The Morgan fingerprint density at radius 1 is 1.20 bits per heavy atom. The van der Waals surface area contributed by atoms with Crippen LogP contribution in [0.1, 0.15) is 64.2 Å². The van der Waals surface area contributed by atoms with Crippen molar-refractivity contribution >= 4 is 29.1 Å². The van der Waals surface area contributed by atoms with E-state index < -0.39 is 29.1 Å². The van der Waals surface area contributed by atoms with Gasteiger partial charge in [-0.2, -0.15) is 0 Å². The summed E-state index contributed by atoms with van der Waals surface area (Å²) in [7, 11) is 0. The molecule has 7 nitrogen and oxygen atoms in total. The standard InChI is InChI=1S/C27H37N3O4S/c1-17(2)11-14-30-22(24(32)29-18-8-5-4-6-9-18)27-13-12-26(3,34-27)20(21(27)25(30)33)23(31)28-16-19-10-7-15-35-19/h7,10,12-13,15,17-18,20-22H,4-6,8-9,11,14,16H2,1-3H3,(H,28,31)(H,29,32)/t20-,21+,22+,26+,27-/m0/s1. The smallest absolute Gasteiger partial charge is 0.246 e. The maximum absolute atomic E-state index is 13.9. The first kappa shape index (κ1) is 24.5. The maximum Gasteiger partial charge on any atom is 0.246 e. The first-order chi connectivity index (χ1) is 16.7. The fourth-order valence-corrected chi connectivity index (χ4v) is 7.14. The summed E-state index contributed by atoms with van der Waals surface area (Å²) < 4.78 is 6.58. The molecule has 2 N–H and O–H groups in total. The minimum atomic E-state index is -1.10. The minimum Gasteiger partial charge on any atom is -0.356 e. The third-order valence-corrected chi connectivity index (χ3v) is 9.12. The molecule has 2 saturated heterocycles. The number of ether oxygens (including phenoxy) is 1. The molecule has 1 aromatic rings. The summed E-state index contributed by atoms with van der Waals surface area (Å²) in [6.45, 7) is 6.99. The van der Waals surface area contributed by atoms with Gasteiger partial charge in [-0.3, -0.25) is 14.4 Å². The molecule has 1 saturated carbocycles. The predicted molar refractivity (Wildman–Crippen MR) is 134 cm³/mol. The van der Waals surface area contributed by atoms with Gasteiger partial charge in [0.2, 0.25) is 17.7 Å². The highest BCUT2D eigenvalue weighted by Gasteiger charge is 2.76. The molecule has 0 aromatic carbocycles. The van der Waals surface area contributed by atoms with Crippen LogP contribution < -0.4 is 10.6 Å². The van der Waals surface area contributed by atoms with Crippen LogP contribution in [-0.4, -0.2) is 52.5 Å². The van der Waals surface area contributed by atoms with Crippen molar-refractivity contribution < 1.29 is 19.1 Å². The molecular formula is C27H37N3O4S. The molecule has 0 unspecified atom stereocenters. The van der Waals surface area contributed by atoms with E-state index in [0.29, 0.717) is 19.0 Å². The largest absolute Gasteiger partial charge is 0.356 e. The number of amides is 3. The summed E-state index contributed by atoms with van der Waals surface area (Å²) in [6, 6.07) is 3.31. The number of nitrogens with zero attached hydrogens (tertiary/aromatic N) is 1. The highest BCUT2D eigenvalue weighted by molar-refractivity contribution is 7.09. The Morgan fingerprint density at radius 2 is 1.97 bits per heavy atom. The number of likely N-dealkylation sites (tertiary alicyclic amines) is 1. The number of hydrogen-bond acceptors (Lipinski definition) is 5. The SMILES string of the molecule is CC(C)CCN1C(=O)[C@H]2[C@@H](C(=O)NCc3cccs3)[C@@]3(C)C=C[C@@]2(O3)[C@H]1C(=O)NC1CCCCC1. The van der Waals surface area contributed by atoms with Gasteiger partial charge >= 0.3 is 0 Å². The predicted octanol–water partition coefficient (Wildman–Crippen LogP) is 3.40. The molecule has 4 heterocycles. The Balaban J connectivity index is 1.43. The topological polar surface area (TPSA) is 87.7 Å². The fraction of sp³-hybridized carbons (Fsp3) is 0.667. The number of nitrogens with one attached hydrogen (secondary N) is 2. The van der Waals surface area contributed by atoms with E-state index in [1.54, 1.807) is 16.2 Å². The van der Waals surface area contributed by atoms with Gasteiger partial charge in [0.05, 0.1) is 24.0 Å². The highest BCUT2D eigenvalue weighted by Crippen LogP contribution is 2.59. The molecule has 3 aliphatic heterocycles. The van der Waals surface area contributed by atoms with Gasteiger partial charge < -0.3 is 20.3 Å². The van der Waals surface area contributed by atoms with Crippen molar-refractivity contribution in [1.29, 1.82) is 0 Å². The zero-order valence-corrected chi connectivity index (χ0v) is 21.7. The molecule has 3 amide bonds. The molecule has 5 rings (SSSR count). The molecule has 1 aliphatic carbocycles. The van der Waals surface area contributed by atoms with Gasteiger partial charge in [0.1, 0.15) is 11.6 Å². The molecule has 1 spiro atoms. The molecule has 8 heteroatoms. The Labute approximate surface area is 211 Å². The monoisotopic (exact) mass is 499 g/mol. The molecule has 3 fully saturated rings. The minimum absolute atomic E-state index is 0.136. The summed E-state index contributed by atoms with van der Waals surface area (Å²) in [6.07, 6.45) is 9.96. The van der Waals surface area contributed by atoms with E-state index in [-0.39, 0.29) is 23.8 Å². The lowest BCUT2D eigenvalue weighted by Crippen LogP contribution is -2.56. The maximum atomic E-state index is 13.9. The van der Waals surface area contributed by atoms with Crippen molar-refractivity contribution in [3.05, 3.63) is 34.5 Å². The van der Waals surface area contributed by atoms with Crippen molar-refractivity contribution in [3.8, 4) is 0 Å². The van der Waals surface area contributed by atoms with Crippen LogP contribution in [0.2, 0.25) is 0 Å². The van der Waals surface area contributed by atoms with Gasteiger partial charge in [0.25, 0.3) is 0 Å². The third kappa shape index (κ3) is 4.22. The van der Waals surface area contributed by atoms with E-state index >= 15 is 0 Å². The summed E-state index contributed by atoms with van der Waals surface area (Å²) >= 11 is 1.58.